The Morgan fingerprint density at radius 3 is 2.95 bits per heavy atom. The van der Waals surface area contributed by atoms with E-state index in [4.69, 9.17) is 4.74 Å². The Kier molecular flexibility index (Phi) is 4.06. The number of urea groups is 1. The number of carbonyl (C=O) groups is 2. The van der Waals surface area contributed by atoms with Gasteiger partial charge in [0.15, 0.2) is 0 Å². The third-order valence-corrected chi connectivity index (χ3v) is 4.02. The zero-order chi connectivity index (χ0) is 15.5. The number of esters is 1. The molecule has 22 heavy (non-hydrogen) atoms. The van der Waals surface area contributed by atoms with Crippen LogP contribution in [0.15, 0.2) is 35.0 Å². The van der Waals surface area contributed by atoms with Crippen molar-refractivity contribution in [2.45, 2.75) is 6.61 Å². The summed E-state index contributed by atoms with van der Waals surface area (Å²) >= 11 is 1.49. The van der Waals surface area contributed by atoms with Crippen molar-refractivity contribution in [2.75, 3.05) is 18.0 Å². The molecule has 1 aliphatic heterocycles. The molecular weight excluding hydrogens is 307 g/mol. The number of halogens is 1. The molecule has 1 saturated heterocycles. The Morgan fingerprint density at radius 2 is 2.27 bits per heavy atom. The Balaban J connectivity index is 1.77. The number of ether oxygens (including phenoxy) is 1. The lowest BCUT2D eigenvalue weighted by Gasteiger charge is -2.15. The van der Waals surface area contributed by atoms with Crippen LogP contribution in [0.25, 0.3) is 0 Å². The molecule has 2 aromatic rings. The number of nitrogens with one attached hydrogen (secondary N) is 1. The van der Waals surface area contributed by atoms with Crippen LogP contribution in [0.2, 0.25) is 0 Å². The third kappa shape index (κ3) is 2.94. The van der Waals surface area contributed by atoms with Crippen molar-refractivity contribution < 1.29 is 18.7 Å². The van der Waals surface area contributed by atoms with Gasteiger partial charge in [-0.3, -0.25) is 4.90 Å². The summed E-state index contributed by atoms with van der Waals surface area (Å²) in [6.07, 6.45) is 0. The Morgan fingerprint density at radius 1 is 1.41 bits per heavy atom. The van der Waals surface area contributed by atoms with Gasteiger partial charge in [0.1, 0.15) is 12.4 Å². The second-order valence-corrected chi connectivity index (χ2v) is 5.54. The normalized spacial score (nSPS) is 14.0. The highest BCUT2D eigenvalue weighted by Crippen LogP contribution is 2.21. The highest BCUT2D eigenvalue weighted by atomic mass is 32.1. The van der Waals surface area contributed by atoms with Gasteiger partial charge in [-0.1, -0.05) is 0 Å². The standard InChI is InChI=1S/C15H13FN2O3S/c16-13-2-1-11(18-5-4-17-15(18)20)7-12(13)14(19)21-8-10-3-6-22-9-10/h1-3,6-7,9H,4-5,8H2,(H,17,20). The fraction of sp³-hybridized carbons (Fsp3) is 0.200. The van der Waals surface area contributed by atoms with E-state index in [9.17, 15) is 14.0 Å². The van der Waals surface area contributed by atoms with Gasteiger partial charge < -0.3 is 10.1 Å². The van der Waals surface area contributed by atoms with E-state index in [0.29, 0.717) is 18.8 Å². The first-order valence-electron chi connectivity index (χ1n) is 6.68. The summed E-state index contributed by atoms with van der Waals surface area (Å²) in [5, 5.41) is 6.38. The van der Waals surface area contributed by atoms with Crippen molar-refractivity contribution in [2.24, 2.45) is 0 Å². The molecular formula is C15H13FN2O3S. The van der Waals surface area contributed by atoms with Gasteiger partial charge in [0.2, 0.25) is 0 Å². The van der Waals surface area contributed by atoms with E-state index >= 15 is 0 Å². The maximum Gasteiger partial charge on any atom is 0.341 e. The van der Waals surface area contributed by atoms with Gasteiger partial charge >= 0.3 is 12.0 Å². The van der Waals surface area contributed by atoms with E-state index in [1.807, 2.05) is 16.8 Å². The van der Waals surface area contributed by atoms with Crippen molar-refractivity contribution >= 4 is 29.0 Å². The van der Waals surface area contributed by atoms with E-state index in [1.165, 1.54) is 34.4 Å². The van der Waals surface area contributed by atoms with Gasteiger partial charge in [0.05, 0.1) is 5.56 Å². The molecule has 1 N–H and O–H groups in total. The van der Waals surface area contributed by atoms with Crippen molar-refractivity contribution in [1.82, 2.24) is 5.32 Å². The van der Waals surface area contributed by atoms with E-state index < -0.39 is 11.8 Å². The first-order chi connectivity index (χ1) is 10.6. The lowest BCUT2D eigenvalue weighted by Crippen LogP contribution is -2.28. The van der Waals surface area contributed by atoms with Gasteiger partial charge in [-0.05, 0) is 35.0 Å². The Labute approximate surface area is 130 Å². The first-order valence-corrected chi connectivity index (χ1v) is 7.62. The van der Waals surface area contributed by atoms with Crippen LogP contribution in [0.5, 0.6) is 0 Å². The smallest absolute Gasteiger partial charge is 0.341 e. The van der Waals surface area contributed by atoms with Gasteiger partial charge in [-0.25, -0.2) is 14.0 Å². The van der Waals surface area contributed by atoms with Gasteiger partial charge in [0, 0.05) is 24.3 Å². The third-order valence-electron chi connectivity index (χ3n) is 3.29. The molecule has 0 unspecified atom stereocenters. The summed E-state index contributed by atoms with van der Waals surface area (Å²) in [7, 11) is 0. The summed E-state index contributed by atoms with van der Waals surface area (Å²) < 4.78 is 19.0. The van der Waals surface area contributed by atoms with Crippen molar-refractivity contribution in [3.63, 3.8) is 0 Å². The molecule has 0 spiro atoms. The molecule has 2 heterocycles. The zero-order valence-corrected chi connectivity index (χ0v) is 12.4. The van der Waals surface area contributed by atoms with Gasteiger partial charge in [0.25, 0.3) is 0 Å². The van der Waals surface area contributed by atoms with Crippen molar-refractivity contribution in [1.29, 1.82) is 0 Å². The largest absolute Gasteiger partial charge is 0.457 e. The van der Waals surface area contributed by atoms with Crippen LogP contribution in [-0.2, 0) is 11.3 Å². The molecule has 114 valence electrons. The van der Waals surface area contributed by atoms with Crippen LogP contribution < -0.4 is 10.2 Å². The molecule has 5 nitrogen and oxygen atoms in total. The highest BCUT2D eigenvalue weighted by Gasteiger charge is 2.23. The highest BCUT2D eigenvalue weighted by molar-refractivity contribution is 7.07. The fourth-order valence-electron chi connectivity index (χ4n) is 2.16. The monoisotopic (exact) mass is 320 g/mol. The van der Waals surface area contributed by atoms with E-state index in [1.54, 1.807) is 0 Å². The van der Waals surface area contributed by atoms with Crippen molar-refractivity contribution in [3.05, 3.63) is 52.0 Å². The number of anilines is 1. The number of carbonyl (C=O) groups excluding carboxylic acids is 2. The van der Waals surface area contributed by atoms with E-state index in [0.717, 1.165) is 5.56 Å². The molecule has 1 aromatic carbocycles. The van der Waals surface area contributed by atoms with Gasteiger partial charge in [-0.2, -0.15) is 11.3 Å². The molecule has 1 aromatic heterocycles. The first kappa shape index (κ1) is 14.5. The lowest BCUT2D eigenvalue weighted by atomic mass is 10.1. The predicted octanol–water partition coefficient (Wildman–Crippen LogP) is 2.77. The van der Waals surface area contributed by atoms with Crippen LogP contribution in [0, 0.1) is 5.82 Å². The number of nitrogens with zero attached hydrogens (tertiary/aromatic N) is 1. The molecule has 0 radical (unpaired) electrons. The summed E-state index contributed by atoms with van der Waals surface area (Å²) in [5.74, 6) is -1.41. The van der Waals surface area contributed by atoms with Crippen LogP contribution in [0.1, 0.15) is 15.9 Å². The number of amides is 2. The molecule has 7 heteroatoms. The molecule has 0 saturated carbocycles. The van der Waals surface area contributed by atoms with E-state index in [-0.39, 0.29) is 18.2 Å². The summed E-state index contributed by atoms with van der Waals surface area (Å²) in [6.45, 7) is 1.10. The molecule has 0 bridgehead atoms. The molecule has 1 fully saturated rings. The van der Waals surface area contributed by atoms with Gasteiger partial charge in [-0.15, -0.1) is 0 Å². The quantitative estimate of drug-likeness (QED) is 0.881. The van der Waals surface area contributed by atoms with E-state index in [2.05, 4.69) is 5.32 Å². The number of hydrogen-bond acceptors (Lipinski definition) is 4. The molecule has 0 aliphatic carbocycles. The molecule has 2 amide bonds. The van der Waals surface area contributed by atoms with Crippen LogP contribution >= 0.6 is 11.3 Å². The second-order valence-electron chi connectivity index (χ2n) is 4.76. The molecule has 1 aliphatic rings. The average molecular weight is 320 g/mol. The minimum absolute atomic E-state index is 0.0935. The van der Waals surface area contributed by atoms with Crippen LogP contribution in [-0.4, -0.2) is 25.1 Å². The summed E-state index contributed by atoms with van der Waals surface area (Å²) in [6, 6.07) is 5.55. The Bertz CT molecular complexity index is 703. The molecule has 3 rings (SSSR count). The maximum atomic E-state index is 13.9. The number of rotatable bonds is 4. The van der Waals surface area contributed by atoms with Crippen LogP contribution in [0.3, 0.4) is 0 Å². The summed E-state index contributed by atoms with van der Waals surface area (Å²) in [5.41, 5.74) is 1.15. The SMILES string of the molecule is O=C(OCc1ccsc1)c1cc(N2CCNC2=O)ccc1F. The maximum absolute atomic E-state index is 13.9. The average Bonchev–Trinajstić information content (AvgIpc) is 3.17. The lowest BCUT2D eigenvalue weighted by molar-refractivity contribution is 0.0468. The number of hydrogen-bond donors (Lipinski definition) is 1. The molecule has 0 atom stereocenters. The van der Waals surface area contributed by atoms with Crippen LogP contribution in [0.4, 0.5) is 14.9 Å². The Hall–Kier alpha value is -2.41. The minimum atomic E-state index is -0.745. The second kappa shape index (κ2) is 6.15. The number of thiophene rings is 1. The van der Waals surface area contributed by atoms with Crippen molar-refractivity contribution in [3.8, 4) is 0 Å². The predicted molar refractivity (Wildman–Crippen MR) is 80.6 cm³/mol. The minimum Gasteiger partial charge on any atom is -0.457 e. The topological polar surface area (TPSA) is 58.6 Å². The fourth-order valence-corrected chi connectivity index (χ4v) is 2.81. The zero-order valence-electron chi connectivity index (χ0n) is 11.5. The number of benzene rings is 1. The summed E-state index contributed by atoms with van der Waals surface area (Å²) in [4.78, 5) is 25.1.